The number of hydrogen-bond donors (Lipinski definition) is 0. The van der Waals surface area contributed by atoms with Crippen LogP contribution in [0.25, 0.3) is 6.08 Å². The predicted molar refractivity (Wildman–Crippen MR) is 98.6 cm³/mol. The van der Waals surface area contributed by atoms with Crippen LogP contribution in [0.1, 0.15) is 17.0 Å². The number of aromatic nitrogens is 1. The van der Waals surface area contributed by atoms with Crippen molar-refractivity contribution in [2.75, 3.05) is 26.2 Å². The number of piperazine rings is 1. The van der Waals surface area contributed by atoms with Crippen LogP contribution >= 0.6 is 23.2 Å². The first-order valence-electron chi connectivity index (χ1n) is 8.08. The molecule has 5 nitrogen and oxygen atoms in total. The van der Waals surface area contributed by atoms with E-state index in [1.807, 2.05) is 30.0 Å². The van der Waals surface area contributed by atoms with E-state index in [1.165, 1.54) is 0 Å². The minimum Gasteiger partial charge on any atom is -0.360 e. The third-order valence-electron chi connectivity index (χ3n) is 4.13. The molecule has 132 valence electrons. The van der Waals surface area contributed by atoms with E-state index < -0.39 is 0 Å². The zero-order chi connectivity index (χ0) is 17.8. The fraction of sp³-hybridized carbons (Fsp3) is 0.333. The van der Waals surface area contributed by atoms with Crippen LogP contribution in [0.15, 0.2) is 34.9 Å². The molecule has 0 spiro atoms. The van der Waals surface area contributed by atoms with Crippen LogP contribution in [-0.4, -0.2) is 47.0 Å². The van der Waals surface area contributed by atoms with Gasteiger partial charge in [-0.05, 0) is 24.6 Å². The molecule has 0 bridgehead atoms. The lowest BCUT2D eigenvalue weighted by Gasteiger charge is -2.33. The van der Waals surface area contributed by atoms with E-state index in [9.17, 15) is 4.79 Å². The first kappa shape index (κ1) is 18.0. The Bertz CT molecular complexity index is 780. The molecule has 1 amide bonds. The third kappa shape index (κ3) is 4.63. The topological polar surface area (TPSA) is 49.6 Å². The van der Waals surface area contributed by atoms with Gasteiger partial charge in [0.1, 0.15) is 0 Å². The van der Waals surface area contributed by atoms with Gasteiger partial charge in [0.25, 0.3) is 0 Å². The minimum atomic E-state index is -0.0220. The summed E-state index contributed by atoms with van der Waals surface area (Å²) in [5.74, 6) is 0.832. The number of rotatable bonds is 4. The Balaban J connectivity index is 1.53. The second kappa shape index (κ2) is 8.04. The number of aryl methyl sites for hydroxylation is 1. The van der Waals surface area contributed by atoms with E-state index >= 15 is 0 Å². The standard InChI is InChI=1S/C18H19Cl2N3O2/c1-13-11-15(25-21-13)12-22-7-9-23(10-8-22)17(24)6-5-14-3-2-4-16(19)18(14)20/h2-6,11H,7-10,12H2,1H3/b6-5+. The lowest BCUT2D eigenvalue weighted by Crippen LogP contribution is -2.47. The Morgan fingerprint density at radius 3 is 2.72 bits per heavy atom. The first-order valence-corrected chi connectivity index (χ1v) is 8.84. The second-order valence-electron chi connectivity index (χ2n) is 6.01. The molecule has 0 aliphatic carbocycles. The van der Waals surface area contributed by atoms with Crippen LogP contribution in [-0.2, 0) is 11.3 Å². The molecule has 1 aliphatic rings. The molecule has 7 heteroatoms. The van der Waals surface area contributed by atoms with Crippen molar-refractivity contribution in [1.82, 2.24) is 15.0 Å². The molecule has 1 fully saturated rings. The smallest absolute Gasteiger partial charge is 0.246 e. The van der Waals surface area contributed by atoms with E-state index in [1.54, 1.807) is 18.2 Å². The van der Waals surface area contributed by atoms with Crippen molar-refractivity contribution in [2.45, 2.75) is 13.5 Å². The summed E-state index contributed by atoms with van der Waals surface area (Å²) in [6.45, 7) is 5.59. The Morgan fingerprint density at radius 1 is 1.28 bits per heavy atom. The lowest BCUT2D eigenvalue weighted by atomic mass is 10.2. The highest BCUT2D eigenvalue weighted by atomic mass is 35.5. The number of benzene rings is 1. The molecule has 0 atom stereocenters. The van der Waals surface area contributed by atoms with Crippen molar-refractivity contribution < 1.29 is 9.32 Å². The number of nitrogens with zero attached hydrogens (tertiary/aromatic N) is 3. The number of halogens is 2. The van der Waals surface area contributed by atoms with Crippen LogP contribution in [0, 0.1) is 6.92 Å². The average Bonchev–Trinajstić information content (AvgIpc) is 3.01. The van der Waals surface area contributed by atoms with Gasteiger partial charge in [-0.25, -0.2) is 0 Å². The van der Waals surface area contributed by atoms with Gasteiger partial charge in [-0.2, -0.15) is 0 Å². The fourth-order valence-electron chi connectivity index (χ4n) is 2.75. The number of amides is 1. The highest BCUT2D eigenvalue weighted by Gasteiger charge is 2.20. The molecule has 0 saturated carbocycles. The summed E-state index contributed by atoms with van der Waals surface area (Å²) in [7, 11) is 0. The van der Waals surface area contributed by atoms with Gasteiger partial charge in [-0.1, -0.05) is 40.5 Å². The first-order chi connectivity index (χ1) is 12.0. The van der Waals surface area contributed by atoms with Crippen molar-refractivity contribution in [3.8, 4) is 0 Å². The molecule has 1 aliphatic heterocycles. The highest BCUT2D eigenvalue weighted by molar-refractivity contribution is 6.42. The molecular weight excluding hydrogens is 361 g/mol. The van der Waals surface area contributed by atoms with Crippen molar-refractivity contribution in [2.24, 2.45) is 0 Å². The van der Waals surface area contributed by atoms with Crippen LogP contribution in [0.5, 0.6) is 0 Å². The third-order valence-corrected chi connectivity index (χ3v) is 4.96. The van der Waals surface area contributed by atoms with E-state index in [0.717, 1.165) is 36.7 Å². The Labute approximate surface area is 156 Å². The maximum absolute atomic E-state index is 12.4. The van der Waals surface area contributed by atoms with Crippen molar-refractivity contribution >= 4 is 35.2 Å². The normalized spacial score (nSPS) is 15.9. The van der Waals surface area contributed by atoms with Crippen molar-refractivity contribution in [1.29, 1.82) is 0 Å². The van der Waals surface area contributed by atoms with Crippen LogP contribution in [0.2, 0.25) is 10.0 Å². The average molecular weight is 380 g/mol. The highest BCUT2D eigenvalue weighted by Crippen LogP contribution is 2.26. The molecule has 1 aromatic heterocycles. The minimum absolute atomic E-state index is 0.0220. The van der Waals surface area contributed by atoms with Gasteiger partial charge in [-0.15, -0.1) is 0 Å². The SMILES string of the molecule is Cc1cc(CN2CCN(C(=O)/C=C/c3cccc(Cl)c3Cl)CC2)on1. The Morgan fingerprint density at radius 2 is 2.04 bits per heavy atom. The molecule has 0 unspecified atom stereocenters. The largest absolute Gasteiger partial charge is 0.360 e. The molecule has 2 heterocycles. The number of carbonyl (C=O) groups is 1. The van der Waals surface area contributed by atoms with Crippen LogP contribution in [0.3, 0.4) is 0 Å². The predicted octanol–water partition coefficient (Wildman–Crippen LogP) is 3.65. The van der Waals surface area contributed by atoms with Gasteiger partial charge in [0.05, 0.1) is 22.3 Å². The van der Waals surface area contributed by atoms with Gasteiger partial charge in [0, 0.05) is 38.3 Å². The van der Waals surface area contributed by atoms with Gasteiger partial charge in [0.2, 0.25) is 5.91 Å². The molecule has 3 rings (SSSR count). The van der Waals surface area contributed by atoms with Crippen molar-refractivity contribution in [3.63, 3.8) is 0 Å². The summed E-state index contributed by atoms with van der Waals surface area (Å²) in [6, 6.07) is 7.30. The van der Waals surface area contributed by atoms with Gasteiger partial charge in [-0.3, -0.25) is 9.69 Å². The van der Waals surface area contributed by atoms with E-state index in [0.29, 0.717) is 23.1 Å². The summed E-state index contributed by atoms with van der Waals surface area (Å²) >= 11 is 12.1. The zero-order valence-corrected chi connectivity index (χ0v) is 15.4. The zero-order valence-electron chi connectivity index (χ0n) is 13.9. The summed E-state index contributed by atoms with van der Waals surface area (Å²) in [5.41, 5.74) is 1.62. The quantitative estimate of drug-likeness (QED) is 0.760. The molecule has 0 radical (unpaired) electrons. The van der Waals surface area contributed by atoms with E-state index in [-0.39, 0.29) is 5.91 Å². The van der Waals surface area contributed by atoms with Crippen LogP contribution < -0.4 is 0 Å². The monoisotopic (exact) mass is 379 g/mol. The molecule has 1 saturated heterocycles. The fourth-order valence-corrected chi connectivity index (χ4v) is 3.12. The molecular formula is C18H19Cl2N3O2. The van der Waals surface area contributed by atoms with Gasteiger partial charge < -0.3 is 9.42 Å². The summed E-state index contributed by atoms with van der Waals surface area (Å²) in [4.78, 5) is 16.4. The van der Waals surface area contributed by atoms with Crippen LogP contribution in [0.4, 0.5) is 0 Å². The summed E-state index contributed by atoms with van der Waals surface area (Å²) < 4.78 is 5.24. The molecule has 1 aromatic carbocycles. The Hall–Kier alpha value is -1.82. The maximum Gasteiger partial charge on any atom is 0.246 e. The summed E-state index contributed by atoms with van der Waals surface area (Å²) in [5, 5.41) is 4.83. The second-order valence-corrected chi connectivity index (χ2v) is 6.80. The van der Waals surface area contributed by atoms with Gasteiger partial charge >= 0.3 is 0 Å². The number of hydrogen-bond acceptors (Lipinski definition) is 4. The lowest BCUT2D eigenvalue weighted by molar-refractivity contribution is -0.127. The van der Waals surface area contributed by atoms with Gasteiger partial charge in [0.15, 0.2) is 5.76 Å². The van der Waals surface area contributed by atoms with E-state index in [2.05, 4.69) is 10.1 Å². The summed E-state index contributed by atoms with van der Waals surface area (Å²) in [6.07, 6.45) is 3.26. The maximum atomic E-state index is 12.4. The Kier molecular flexibility index (Phi) is 5.78. The number of carbonyl (C=O) groups excluding carboxylic acids is 1. The molecule has 0 N–H and O–H groups in total. The molecule has 2 aromatic rings. The van der Waals surface area contributed by atoms with Crippen molar-refractivity contribution in [3.05, 3.63) is 57.4 Å². The molecule has 25 heavy (non-hydrogen) atoms. The van der Waals surface area contributed by atoms with E-state index in [4.69, 9.17) is 27.7 Å².